The van der Waals surface area contributed by atoms with Gasteiger partial charge in [-0.3, -0.25) is 0 Å². The summed E-state index contributed by atoms with van der Waals surface area (Å²) in [7, 11) is 0. The smallest absolute Gasteiger partial charge is 0.161 e. The van der Waals surface area contributed by atoms with Crippen molar-refractivity contribution in [2.24, 2.45) is 0 Å². The number of hydrogen-bond donors (Lipinski definition) is 0. The van der Waals surface area contributed by atoms with Crippen LogP contribution in [0.4, 0.5) is 0 Å². The molecule has 24 heavy (non-hydrogen) atoms. The molecule has 0 aliphatic carbocycles. The van der Waals surface area contributed by atoms with E-state index in [1.165, 1.54) is 21.1 Å². The molecule has 0 radical (unpaired) electrons. The Morgan fingerprint density at radius 3 is 1.38 bits per heavy atom. The second kappa shape index (κ2) is 9.35. The van der Waals surface area contributed by atoms with Gasteiger partial charge in [-0.2, -0.15) is 0 Å². The monoisotopic (exact) mass is 404 g/mol. The van der Waals surface area contributed by atoms with E-state index in [1.54, 1.807) is 22.7 Å². The van der Waals surface area contributed by atoms with Crippen LogP contribution in [0.2, 0.25) is 0 Å². The molecule has 4 nitrogen and oxygen atoms in total. The van der Waals surface area contributed by atoms with Gasteiger partial charge in [-0.05, 0) is 52.1 Å². The second-order valence-corrected chi connectivity index (χ2v) is 9.24. The third-order valence-electron chi connectivity index (χ3n) is 4.04. The minimum absolute atomic E-state index is 0.600. The number of ether oxygens (including phenoxy) is 2. The van der Waals surface area contributed by atoms with Crippen LogP contribution >= 0.6 is 47.1 Å². The minimum Gasteiger partial charge on any atom is -0.377 e. The summed E-state index contributed by atoms with van der Waals surface area (Å²) in [5.41, 5.74) is 2.48. The molecule has 0 atom stereocenters. The summed E-state index contributed by atoms with van der Waals surface area (Å²) in [5, 5.41) is 0. The molecule has 0 saturated carbocycles. The van der Waals surface area contributed by atoms with Gasteiger partial charge in [0.15, 0.2) is 7.91 Å². The van der Waals surface area contributed by atoms with E-state index in [2.05, 4.69) is 36.8 Å². The molecule has 0 unspecified atom stereocenters. The van der Waals surface area contributed by atoms with Crippen LogP contribution in [0, 0.1) is 35.6 Å². The highest BCUT2D eigenvalue weighted by Gasteiger charge is 2.05. The summed E-state index contributed by atoms with van der Waals surface area (Å²) in [5.74, 6) is 0. The van der Waals surface area contributed by atoms with Crippen LogP contribution in [-0.4, -0.2) is 35.6 Å². The molecule has 0 N–H and O–H groups in total. The van der Waals surface area contributed by atoms with E-state index < -0.39 is 0 Å². The Kier molecular flexibility index (Phi) is 7.77. The van der Waals surface area contributed by atoms with Crippen molar-refractivity contribution < 1.29 is 9.47 Å². The first kappa shape index (κ1) is 19.9. The van der Waals surface area contributed by atoms with Crippen LogP contribution in [0.25, 0.3) is 0 Å². The highest BCUT2D eigenvalue weighted by molar-refractivity contribution is 7.73. The van der Waals surface area contributed by atoms with Crippen LogP contribution in [0.15, 0.2) is 0 Å². The maximum absolute atomic E-state index is 5.65. The van der Waals surface area contributed by atoms with Crippen molar-refractivity contribution in [2.45, 2.75) is 40.8 Å². The molecular weight excluding hydrogens is 380 g/mol. The average molecular weight is 405 g/mol. The fourth-order valence-electron chi connectivity index (χ4n) is 2.33. The van der Waals surface area contributed by atoms with Crippen molar-refractivity contribution in [2.75, 3.05) is 26.4 Å². The van der Waals surface area contributed by atoms with Crippen molar-refractivity contribution in [1.29, 1.82) is 0 Å². The molecule has 0 spiro atoms. The maximum atomic E-state index is 5.65. The lowest BCUT2D eigenvalue weighted by Crippen LogP contribution is -2.13. The fourth-order valence-corrected chi connectivity index (χ4v) is 5.25. The van der Waals surface area contributed by atoms with Crippen molar-refractivity contribution in [3.8, 4) is 0 Å². The predicted octanol–water partition coefficient (Wildman–Crippen LogP) is 4.84. The van der Waals surface area contributed by atoms with E-state index in [1.807, 2.05) is 0 Å². The van der Waals surface area contributed by atoms with Crippen LogP contribution in [0.3, 0.4) is 0 Å². The zero-order valence-corrected chi connectivity index (χ0v) is 17.9. The van der Waals surface area contributed by atoms with Gasteiger partial charge in [-0.25, -0.2) is 0 Å². The third kappa shape index (κ3) is 5.06. The first-order valence-corrected chi connectivity index (χ1v) is 10.4. The summed E-state index contributed by atoms with van der Waals surface area (Å²) in [6, 6.07) is 0. The Balaban J connectivity index is 1.60. The summed E-state index contributed by atoms with van der Waals surface area (Å²) in [4.78, 5) is 2.56. The summed E-state index contributed by atoms with van der Waals surface area (Å²) in [6.07, 6.45) is 0. The standard InChI is InChI=1S/C16H24N2O2S4/c1-11-13(3)23-15(21)17(11)5-7-19-9-10-20-8-6-18-12(2)14(4)24-16(18)22/h5-10H2,1-4H3. The van der Waals surface area contributed by atoms with Gasteiger partial charge >= 0.3 is 0 Å². The average Bonchev–Trinajstić information content (AvgIpc) is 2.91. The molecule has 134 valence electrons. The number of aromatic nitrogens is 2. The molecule has 2 heterocycles. The van der Waals surface area contributed by atoms with Gasteiger partial charge in [0.05, 0.1) is 26.4 Å². The van der Waals surface area contributed by atoms with Gasteiger partial charge in [0, 0.05) is 34.2 Å². The lowest BCUT2D eigenvalue weighted by Gasteiger charge is -2.09. The number of hydrogen-bond acceptors (Lipinski definition) is 6. The number of aryl methyl sites for hydroxylation is 2. The first-order chi connectivity index (χ1) is 11.4. The highest BCUT2D eigenvalue weighted by atomic mass is 32.2. The van der Waals surface area contributed by atoms with Crippen LogP contribution < -0.4 is 0 Å². The quantitative estimate of drug-likeness (QED) is 0.442. The Labute approximate surface area is 161 Å². The number of nitrogens with zero attached hydrogens (tertiary/aromatic N) is 2. The van der Waals surface area contributed by atoms with Crippen LogP contribution in [0.1, 0.15) is 21.1 Å². The fraction of sp³-hybridized carbons (Fsp3) is 0.625. The molecule has 0 amide bonds. The van der Waals surface area contributed by atoms with Gasteiger partial charge in [0.1, 0.15) is 0 Å². The van der Waals surface area contributed by atoms with Gasteiger partial charge in [-0.1, -0.05) is 0 Å². The number of rotatable bonds is 9. The van der Waals surface area contributed by atoms with E-state index in [4.69, 9.17) is 33.9 Å². The predicted molar refractivity (Wildman–Crippen MR) is 107 cm³/mol. The largest absolute Gasteiger partial charge is 0.377 e. The lowest BCUT2D eigenvalue weighted by molar-refractivity contribution is 0.0418. The van der Waals surface area contributed by atoms with E-state index in [0.717, 1.165) is 21.0 Å². The minimum atomic E-state index is 0.600. The van der Waals surface area contributed by atoms with Crippen LogP contribution in [-0.2, 0) is 22.6 Å². The SMILES string of the molecule is Cc1sc(=S)n(CCOCCOCCn2c(C)c(C)sc2=S)c1C. The van der Waals surface area contributed by atoms with Gasteiger partial charge in [-0.15, -0.1) is 22.7 Å². The van der Waals surface area contributed by atoms with Crippen LogP contribution in [0.5, 0.6) is 0 Å². The molecule has 0 aliphatic rings. The Morgan fingerprint density at radius 2 is 1.08 bits per heavy atom. The molecule has 0 fully saturated rings. The first-order valence-electron chi connectivity index (χ1n) is 7.91. The molecular formula is C16H24N2O2S4. The Hall–Kier alpha value is -0.380. The zero-order valence-electron chi connectivity index (χ0n) is 14.6. The third-order valence-corrected chi connectivity index (χ3v) is 6.97. The molecule has 2 rings (SSSR count). The van der Waals surface area contributed by atoms with Crippen molar-refractivity contribution >= 4 is 47.1 Å². The van der Waals surface area contributed by atoms with E-state index in [-0.39, 0.29) is 0 Å². The molecule has 0 aliphatic heterocycles. The van der Waals surface area contributed by atoms with Crippen molar-refractivity contribution in [3.63, 3.8) is 0 Å². The molecule has 2 aromatic heterocycles. The molecule has 8 heteroatoms. The van der Waals surface area contributed by atoms with Crippen molar-refractivity contribution in [3.05, 3.63) is 29.1 Å². The van der Waals surface area contributed by atoms with E-state index in [9.17, 15) is 0 Å². The summed E-state index contributed by atoms with van der Waals surface area (Å²) in [6.45, 7) is 12.5. The summed E-state index contributed by atoms with van der Waals surface area (Å²) >= 11 is 14.0. The molecule has 0 aromatic carbocycles. The van der Waals surface area contributed by atoms with Crippen molar-refractivity contribution in [1.82, 2.24) is 9.13 Å². The van der Waals surface area contributed by atoms with E-state index in [0.29, 0.717) is 26.4 Å². The Bertz CT molecular complexity index is 719. The number of thiazole rings is 2. The van der Waals surface area contributed by atoms with E-state index >= 15 is 0 Å². The Morgan fingerprint density at radius 1 is 0.708 bits per heavy atom. The normalized spacial score (nSPS) is 11.3. The molecule has 2 aromatic rings. The maximum Gasteiger partial charge on any atom is 0.161 e. The van der Waals surface area contributed by atoms with Gasteiger partial charge in [0.25, 0.3) is 0 Å². The molecule has 0 bridgehead atoms. The summed E-state index contributed by atoms with van der Waals surface area (Å²) < 4.78 is 17.4. The second-order valence-electron chi connectivity index (χ2n) is 5.55. The van der Waals surface area contributed by atoms with Gasteiger partial charge in [0.2, 0.25) is 0 Å². The highest BCUT2D eigenvalue weighted by Crippen LogP contribution is 2.18. The lowest BCUT2D eigenvalue weighted by atomic mass is 10.4. The topological polar surface area (TPSA) is 28.3 Å². The molecule has 0 saturated heterocycles. The zero-order chi connectivity index (χ0) is 17.7. The van der Waals surface area contributed by atoms with Gasteiger partial charge < -0.3 is 18.6 Å².